The first-order chi connectivity index (χ1) is 9.08. The van der Waals surface area contributed by atoms with Crippen molar-refractivity contribution in [2.75, 3.05) is 13.1 Å². The summed E-state index contributed by atoms with van der Waals surface area (Å²) < 4.78 is 0. The maximum absolute atomic E-state index is 12.3. The van der Waals surface area contributed by atoms with Gasteiger partial charge in [-0.1, -0.05) is 12.5 Å². The van der Waals surface area contributed by atoms with Crippen LogP contribution in [0.1, 0.15) is 44.0 Å². The Balaban J connectivity index is 1.86. The Morgan fingerprint density at radius 2 is 2.26 bits per heavy atom. The molecule has 0 bridgehead atoms. The standard InChI is InChI=1S/C15H22N2OS/c1-11(2)10-12(3)15(18)17-7-4-13(5-8-17)14-16-6-9-19-14/h6,9,12-13H,1,4-5,7-8,10H2,2-3H3/t12-/m1/s1. The third-order valence-corrected chi connectivity index (χ3v) is 4.62. The van der Waals surface area contributed by atoms with Crippen LogP contribution in [0.4, 0.5) is 0 Å². The molecule has 4 heteroatoms. The zero-order chi connectivity index (χ0) is 13.8. The summed E-state index contributed by atoms with van der Waals surface area (Å²) in [6.45, 7) is 9.61. The molecule has 0 aliphatic carbocycles. The van der Waals surface area contributed by atoms with Gasteiger partial charge in [0.15, 0.2) is 0 Å². The van der Waals surface area contributed by atoms with Gasteiger partial charge in [-0.2, -0.15) is 0 Å². The largest absolute Gasteiger partial charge is 0.342 e. The van der Waals surface area contributed by atoms with Crippen molar-refractivity contribution in [3.63, 3.8) is 0 Å². The molecule has 3 nitrogen and oxygen atoms in total. The Labute approximate surface area is 119 Å². The van der Waals surface area contributed by atoms with E-state index in [-0.39, 0.29) is 11.8 Å². The second-order valence-corrected chi connectivity index (χ2v) is 6.46. The van der Waals surface area contributed by atoms with Crippen LogP contribution in [-0.2, 0) is 4.79 Å². The van der Waals surface area contributed by atoms with E-state index in [0.717, 1.165) is 37.9 Å². The van der Waals surface area contributed by atoms with E-state index in [1.165, 1.54) is 5.01 Å². The lowest BCUT2D eigenvalue weighted by Gasteiger charge is -2.33. The molecule has 1 aliphatic heterocycles. The molecule has 0 unspecified atom stereocenters. The van der Waals surface area contributed by atoms with E-state index in [9.17, 15) is 4.79 Å². The zero-order valence-electron chi connectivity index (χ0n) is 11.8. The number of thiazole rings is 1. The third kappa shape index (κ3) is 3.66. The first kappa shape index (κ1) is 14.3. The summed E-state index contributed by atoms with van der Waals surface area (Å²) in [5.74, 6) is 0.884. The predicted octanol–water partition coefficient (Wildman–Crippen LogP) is 3.45. The van der Waals surface area contributed by atoms with Gasteiger partial charge in [0.25, 0.3) is 0 Å². The number of hydrogen-bond donors (Lipinski definition) is 0. The van der Waals surface area contributed by atoms with Gasteiger partial charge >= 0.3 is 0 Å². The summed E-state index contributed by atoms with van der Waals surface area (Å²) >= 11 is 1.73. The maximum atomic E-state index is 12.3. The summed E-state index contributed by atoms with van der Waals surface area (Å²) in [5, 5.41) is 3.25. The summed E-state index contributed by atoms with van der Waals surface area (Å²) in [5.41, 5.74) is 1.08. The van der Waals surface area contributed by atoms with Gasteiger partial charge < -0.3 is 4.90 Å². The highest BCUT2D eigenvalue weighted by Gasteiger charge is 2.27. The number of piperidine rings is 1. The van der Waals surface area contributed by atoms with Crippen molar-refractivity contribution in [3.8, 4) is 0 Å². The van der Waals surface area contributed by atoms with Gasteiger partial charge in [-0.05, 0) is 26.2 Å². The predicted molar refractivity (Wildman–Crippen MR) is 79.3 cm³/mol. The molecule has 1 aliphatic rings. The lowest BCUT2D eigenvalue weighted by molar-refractivity contribution is -0.136. The average molecular weight is 278 g/mol. The molecular weight excluding hydrogens is 256 g/mol. The zero-order valence-corrected chi connectivity index (χ0v) is 12.6. The second kappa shape index (κ2) is 6.33. The van der Waals surface area contributed by atoms with Crippen LogP contribution in [0.5, 0.6) is 0 Å². The monoisotopic (exact) mass is 278 g/mol. The van der Waals surface area contributed by atoms with Crippen LogP contribution < -0.4 is 0 Å². The van der Waals surface area contributed by atoms with Gasteiger partial charge in [0.05, 0.1) is 5.01 Å². The van der Waals surface area contributed by atoms with Gasteiger partial charge in [-0.3, -0.25) is 4.79 Å². The van der Waals surface area contributed by atoms with Crippen molar-refractivity contribution >= 4 is 17.2 Å². The molecular formula is C15H22N2OS. The van der Waals surface area contributed by atoms with E-state index >= 15 is 0 Å². The quantitative estimate of drug-likeness (QED) is 0.790. The average Bonchev–Trinajstić information content (AvgIpc) is 2.91. The molecule has 1 aromatic rings. The summed E-state index contributed by atoms with van der Waals surface area (Å²) in [7, 11) is 0. The number of allylic oxidation sites excluding steroid dienone is 1. The molecule has 1 fully saturated rings. The number of hydrogen-bond acceptors (Lipinski definition) is 3. The van der Waals surface area contributed by atoms with E-state index in [0.29, 0.717) is 5.92 Å². The van der Waals surface area contributed by atoms with Crippen molar-refractivity contribution < 1.29 is 4.79 Å². The van der Waals surface area contributed by atoms with Crippen LogP contribution in [0.25, 0.3) is 0 Å². The molecule has 19 heavy (non-hydrogen) atoms. The van der Waals surface area contributed by atoms with Crippen LogP contribution in [0.2, 0.25) is 0 Å². The molecule has 2 rings (SSSR count). The van der Waals surface area contributed by atoms with Gasteiger partial charge in [0, 0.05) is 36.5 Å². The van der Waals surface area contributed by atoms with Crippen LogP contribution in [0, 0.1) is 5.92 Å². The van der Waals surface area contributed by atoms with Crippen molar-refractivity contribution in [1.82, 2.24) is 9.88 Å². The summed E-state index contributed by atoms with van der Waals surface area (Å²) in [4.78, 5) is 18.7. The molecule has 104 valence electrons. The summed E-state index contributed by atoms with van der Waals surface area (Å²) in [6, 6.07) is 0. The van der Waals surface area contributed by atoms with Crippen LogP contribution in [0.3, 0.4) is 0 Å². The highest BCUT2D eigenvalue weighted by Crippen LogP contribution is 2.30. The van der Waals surface area contributed by atoms with Gasteiger partial charge in [0.1, 0.15) is 0 Å². The van der Waals surface area contributed by atoms with E-state index in [2.05, 4.69) is 11.6 Å². The molecule has 0 radical (unpaired) electrons. The van der Waals surface area contributed by atoms with Crippen molar-refractivity contribution in [2.45, 2.75) is 39.0 Å². The number of aromatic nitrogens is 1. The Hall–Kier alpha value is -1.16. The highest BCUT2D eigenvalue weighted by molar-refractivity contribution is 7.09. The highest BCUT2D eigenvalue weighted by atomic mass is 32.1. The molecule has 1 aromatic heterocycles. The number of carbonyl (C=O) groups excluding carboxylic acids is 1. The Morgan fingerprint density at radius 3 is 2.79 bits per heavy atom. The molecule has 1 amide bonds. The Morgan fingerprint density at radius 1 is 1.58 bits per heavy atom. The normalized spacial score (nSPS) is 18.3. The Bertz CT molecular complexity index is 433. The first-order valence-electron chi connectivity index (χ1n) is 6.90. The van der Waals surface area contributed by atoms with E-state index < -0.39 is 0 Å². The minimum atomic E-state index is 0.0638. The maximum Gasteiger partial charge on any atom is 0.225 e. The van der Waals surface area contributed by atoms with Crippen LogP contribution in [-0.4, -0.2) is 28.9 Å². The fourth-order valence-electron chi connectivity index (χ4n) is 2.70. The molecule has 1 atom stereocenters. The van der Waals surface area contributed by atoms with Crippen molar-refractivity contribution in [2.24, 2.45) is 5.92 Å². The number of nitrogens with zero attached hydrogens (tertiary/aromatic N) is 2. The number of rotatable bonds is 4. The topological polar surface area (TPSA) is 33.2 Å². The van der Waals surface area contributed by atoms with E-state index in [1.54, 1.807) is 11.3 Å². The van der Waals surface area contributed by atoms with Gasteiger partial charge in [0.2, 0.25) is 5.91 Å². The molecule has 0 N–H and O–H groups in total. The molecule has 1 saturated heterocycles. The second-order valence-electron chi connectivity index (χ2n) is 5.53. The summed E-state index contributed by atoms with van der Waals surface area (Å²) in [6.07, 6.45) is 4.75. The van der Waals surface area contributed by atoms with Crippen molar-refractivity contribution in [1.29, 1.82) is 0 Å². The number of amides is 1. The van der Waals surface area contributed by atoms with Gasteiger partial charge in [-0.25, -0.2) is 4.98 Å². The van der Waals surface area contributed by atoms with E-state index in [1.807, 2.05) is 30.3 Å². The molecule has 0 aromatic carbocycles. The van der Waals surface area contributed by atoms with Crippen LogP contribution >= 0.6 is 11.3 Å². The van der Waals surface area contributed by atoms with Crippen LogP contribution in [0.15, 0.2) is 23.7 Å². The first-order valence-corrected chi connectivity index (χ1v) is 7.78. The third-order valence-electron chi connectivity index (χ3n) is 3.68. The minimum Gasteiger partial charge on any atom is -0.342 e. The fraction of sp³-hybridized carbons (Fsp3) is 0.600. The lowest BCUT2D eigenvalue weighted by atomic mass is 9.95. The van der Waals surface area contributed by atoms with Gasteiger partial charge in [-0.15, -0.1) is 17.9 Å². The SMILES string of the molecule is C=C(C)C[C@@H](C)C(=O)N1CCC(c2nccs2)CC1. The van der Waals surface area contributed by atoms with Crippen molar-refractivity contribution in [3.05, 3.63) is 28.7 Å². The molecule has 0 saturated carbocycles. The van der Waals surface area contributed by atoms with E-state index in [4.69, 9.17) is 0 Å². The Kier molecular flexibility index (Phi) is 4.75. The minimum absolute atomic E-state index is 0.0638. The smallest absolute Gasteiger partial charge is 0.225 e. The number of carbonyl (C=O) groups is 1. The lowest BCUT2D eigenvalue weighted by Crippen LogP contribution is -2.40. The molecule has 0 spiro atoms. The fourth-order valence-corrected chi connectivity index (χ4v) is 3.52. The molecule has 2 heterocycles. The number of likely N-dealkylation sites (tertiary alicyclic amines) is 1.